The summed E-state index contributed by atoms with van der Waals surface area (Å²) >= 11 is 6.35. The Morgan fingerprint density at radius 3 is 2.67 bits per heavy atom. The van der Waals surface area contributed by atoms with Gasteiger partial charge in [-0.25, -0.2) is 4.98 Å². The van der Waals surface area contributed by atoms with Crippen LogP contribution in [0.4, 0.5) is 0 Å². The second-order valence-corrected chi connectivity index (χ2v) is 6.38. The molecular weight excluding hydrogens is 288 g/mol. The van der Waals surface area contributed by atoms with Gasteiger partial charge in [0.05, 0.1) is 29.6 Å². The van der Waals surface area contributed by atoms with Crippen molar-refractivity contribution in [2.45, 2.75) is 38.6 Å². The quantitative estimate of drug-likeness (QED) is 0.753. The van der Waals surface area contributed by atoms with Crippen molar-refractivity contribution in [3.8, 4) is 5.75 Å². The van der Waals surface area contributed by atoms with E-state index in [1.807, 2.05) is 32.0 Å². The minimum Gasteiger partial charge on any atom is -0.492 e. The summed E-state index contributed by atoms with van der Waals surface area (Å²) < 4.78 is 13.2. The Labute approximate surface area is 131 Å². The third-order valence-electron chi connectivity index (χ3n) is 3.43. The van der Waals surface area contributed by atoms with E-state index in [9.17, 15) is 0 Å². The van der Waals surface area contributed by atoms with E-state index in [0.29, 0.717) is 13.2 Å². The molecule has 0 radical (unpaired) electrons. The maximum atomic E-state index is 6.35. The van der Waals surface area contributed by atoms with Crippen molar-refractivity contribution in [2.24, 2.45) is 0 Å². The molecule has 4 nitrogen and oxygen atoms in total. The predicted octanol–water partition coefficient (Wildman–Crippen LogP) is 4.12. The number of benzene rings is 1. The lowest BCUT2D eigenvalue weighted by atomic mass is 10.1. The Morgan fingerprint density at radius 1 is 1.38 bits per heavy atom. The number of aromatic nitrogens is 2. The van der Waals surface area contributed by atoms with Gasteiger partial charge in [-0.3, -0.25) is 0 Å². The monoisotopic (exact) mass is 310 g/mol. The van der Waals surface area contributed by atoms with Gasteiger partial charge in [0.25, 0.3) is 0 Å². The van der Waals surface area contributed by atoms with Gasteiger partial charge in [-0.2, -0.15) is 0 Å². The lowest BCUT2D eigenvalue weighted by molar-refractivity contribution is 0.110. The lowest BCUT2D eigenvalue weighted by Gasteiger charge is -2.29. The van der Waals surface area contributed by atoms with E-state index in [4.69, 9.17) is 26.1 Å². The van der Waals surface area contributed by atoms with Crippen molar-refractivity contribution < 1.29 is 9.47 Å². The first kappa shape index (κ1) is 16.1. The van der Waals surface area contributed by atoms with Gasteiger partial charge in [0.1, 0.15) is 17.1 Å². The summed E-state index contributed by atoms with van der Waals surface area (Å²) in [6.45, 7) is 9.33. The molecule has 1 atom stereocenters. The number of para-hydroxylation sites is 1. The highest BCUT2D eigenvalue weighted by Gasteiger charge is 2.28. The molecule has 0 N–H and O–H groups in total. The smallest absolute Gasteiger partial charge is 0.147 e. The van der Waals surface area contributed by atoms with E-state index in [1.54, 1.807) is 7.11 Å². The van der Waals surface area contributed by atoms with E-state index in [-0.39, 0.29) is 10.9 Å². The molecule has 1 aromatic heterocycles. The molecular formula is C16H23ClN2O2. The summed E-state index contributed by atoms with van der Waals surface area (Å²) in [5.41, 5.74) is 1.63. The number of rotatable bonds is 6. The van der Waals surface area contributed by atoms with Crippen LogP contribution in [0.25, 0.3) is 11.0 Å². The van der Waals surface area contributed by atoms with Crippen molar-refractivity contribution in [3.63, 3.8) is 0 Å². The first-order chi connectivity index (χ1) is 9.92. The number of imidazole rings is 1. The molecule has 1 heterocycles. The van der Waals surface area contributed by atoms with Gasteiger partial charge in [0, 0.05) is 7.11 Å². The van der Waals surface area contributed by atoms with Crippen molar-refractivity contribution in [3.05, 3.63) is 24.0 Å². The molecule has 0 saturated heterocycles. The average Bonchev–Trinajstić information content (AvgIpc) is 2.80. The first-order valence-electron chi connectivity index (χ1n) is 7.20. The van der Waals surface area contributed by atoms with Gasteiger partial charge in [-0.15, -0.1) is 11.6 Å². The second-order valence-electron chi connectivity index (χ2n) is 5.72. The topological polar surface area (TPSA) is 36.3 Å². The Bertz CT molecular complexity index is 620. The highest BCUT2D eigenvalue weighted by Crippen LogP contribution is 2.34. The van der Waals surface area contributed by atoms with Crippen LogP contribution >= 0.6 is 11.6 Å². The molecule has 116 valence electrons. The van der Waals surface area contributed by atoms with Gasteiger partial charge in [0.2, 0.25) is 0 Å². The molecule has 0 spiro atoms. The molecule has 21 heavy (non-hydrogen) atoms. The third-order valence-corrected chi connectivity index (χ3v) is 3.63. The first-order valence-corrected chi connectivity index (χ1v) is 7.63. The number of ether oxygens (including phenoxy) is 2. The average molecular weight is 311 g/mol. The molecule has 5 heteroatoms. The largest absolute Gasteiger partial charge is 0.492 e. The molecule has 0 aliphatic heterocycles. The fraction of sp³-hybridized carbons (Fsp3) is 0.562. The number of hydrogen-bond donors (Lipinski definition) is 0. The predicted molar refractivity (Wildman–Crippen MR) is 86.4 cm³/mol. The number of alkyl halides is 1. The van der Waals surface area contributed by atoms with Crippen molar-refractivity contribution >= 4 is 22.6 Å². The maximum Gasteiger partial charge on any atom is 0.147 e. The Morgan fingerprint density at radius 2 is 2.10 bits per heavy atom. The summed E-state index contributed by atoms with van der Waals surface area (Å²) in [5, 5.41) is -0.192. The van der Waals surface area contributed by atoms with Crippen molar-refractivity contribution in [1.82, 2.24) is 9.55 Å². The van der Waals surface area contributed by atoms with Crippen LogP contribution in [0.2, 0.25) is 0 Å². The van der Waals surface area contributed by atoms with Crippen LogP contribution in [-0.4, -0.2) is 29.9 Å². The van der Waals surface area contributed by atoms with E-state index < -0.39 is 0 Å². The van der Waals surface area contributed by atoms with Crippen LogP contribution in [-0.2, 0) is 10.3 Å². The molecule has 0 bridgehead atoms. The molecule has 2 aromatic rings. The summed E-state index contributed by atoms with van der Waals surface area (Å²) in [7, 11) is 1.70. The van der Waals surface area contributed by atoms with E-state index >= 15 is 0 Å². The fourth-order valence-corrected chi connectivity index (χ4v) is 2.83. The van der Waals surface area contributed by atoms with E-state index in [0.717, 1.165) is 22.6 Å². The van der Waals surface area contributed by atoms with Gasteiger partial charge < -0.3 is 14.0 Å². The Hall–Kier alpha value is -1.26. The van der Waals surface area contributed by atoms with Crippen LogP contribution in [0.3, 0.4) is 0 Å². The van der Waals surface area contributed by atoms with Crippen LogP contribution in [0, 0.1) is 0 Å². The maximum absolute atomic E-state index is 6.35. The van der Waals surface area contributed by atoms with E-state index in [2.05, 4.69) is 18.4 Å². The van der Waals surface area contributed by atoms with E-state index in [1.165, 1.54) is 0 Å². The van der Waals surface area contributed by atoms with Crippen LogP contribution in [0.15, 0.2) is 18.2 Å². The summed E-state index contributed by atoms with van der Waals surface area (Å²) in [5.74, 6) is 1.63. The van der Waals surface area contributed by atoms with Gasteiger partial charge in [-0.1, -0.05) is 6.07 Å². The normalized spacial score (nSPS) is 13.6. The summed E-state index contributed by atoms with van der Waals surface area (Å²) in [4.78, 5) is 4.73. The standard InChI is InChI=1S/C16H23ClN2O2/c1-6-21-13-9-7-8-12-14(13)18-15(11(2)17)19(12)16(3,4)10-20-5/h7-9,11H,6,10H2,1-5H3. The van der Waals surface area contributed by atoms with Crippen LogP contribution < -0.4 is 4.74 Å². The molecule has 1 unspecified atom stereocenters. The minimum absolute atomic E-state index is 0.192. The molecule has 0 saturated carbocycles. The minimum atomic E-state index is -0.243. The molecule has 0 aliphatic carbocycles. The SMILES string of the molecule is CCOc1cccc2c1nc(C(C)Cl)n2C(C)(C)COC. The van der Waals surface area contributed by atoms with Gasteiger partial charge in [-0.05, 0) is 39.8 Å². The molecule has 0 amide bonds. The highest BCUT2D eigenvalue weighted by atomic mass is 35.5. The zero-order valence-corrected chi connectivity index (χ0v) is 14.1. The van der Waals surface area contributed by atoms with Gasteiger partial charge >= 0.3 is 0 Å². The van der Waals surface area contributed by atoms with Crippen molar-refractivity contribution in [1.29, 1.82) is 0 Å². The van der Waals surface area contributed by atoms with Crippen LogP contribution in [0.1, 0.15) is 38.9 Å². The number of methoxy groups -OCH3 is 1. The Balaban J connectivity index is 2.72. The molecule has 0 aliphatic rings. The van der Waals surface area contributed by atoms with Crippen LogP contribution in [0.5, 0.6) is 5.75 Å². The lowest BCUT2D eigenvalue weighted by Crippen LogP contribution is -2.33. The number of hydrogen-bond acceptors (Lipinski definition) is 3. The molecule has 2 rings (SSSR count). The Kier molecular flexibility index (Phi) is 4.79. The summed E-state index contributed by atoms with van der Waals surface area (Å²) in [6, 6.07) is 5.97. The van der Waals surface area contributed by atoms with Gasteiger partial charge in [0.15, 0.2) is 0 Å². The summed E-state index contributed by atoms with van der Waals surface area (Å²) in [6.07, 6.45) is 0. The second kappa shape index (κ2) is 6.24. The third kappa shape index (κ3) is 3.01. The highest BCUT2D eigenvalue weighted by molar-refractivity contribution is 6.20. The zero-order valence-electron chi connectivity index (χ0n) is 13.3. The number of nitrogens with zero attached hydrogens (tertiary/aromatic N) is 2. The molecule has 1 aromatic carbocycles. The number of fused-ring (bicyclic) bond motifs is 1. The fourth-order valence-electron chi connectivity index (χ4n) is 2.68. The molecule has 0 fully saturated rings. The van der Waals surface area contributed by atoms with Crippen molar-refractivity contribution in [2.75, 3.05) is 20.3 Å². The zero-order chi connectivity index (χ0) is 15.6. The number of halogens is 1.